The third-order valence-corrected chi connectivity index (χ3v) is 1.48. The van der Waals surface area contributed by atoms with Gasteiger partial charge in [-0.1, -0.05) is 25.9 Å². The van der Waals surface area contributed by atoms with Crippen molar-refractivity contribution < 1.29 is 0 Å². The van der Waals surface area contributed by atoms with E-state index in [1.807, 2.05) is 13.8 Å². The van der Waals surface area contributed by atoms with Gasteiger partial charge in [0.25, 0.3) is 0 Å². The van der Waals surface area contributed by atoms with Gasteiger partial charge in [0.05, 0.1) is 0 Å². The van der Waals surface area contributed by atoms with E-state index in [-0.39, 0.29) is 5.54 Å². The first-order chi connectivity index (χ1) is 5.12. The number of azide groups is 1. The molecule has 0 unspecified atom stereocenters. The maximum Gasteiger partial charge on any atom is 0.0444 e. The lowest BCUT2D eigenvalue weighted by molar-refractivity contribution is 0.457. The molecule has 0 radical (unpaired) electrons. The standard InChI is InChI=1S/C7H16N4/c1-4-9-6-5-7(2,3)10-11-8/h9H,4-6H2,1-3H3. The maximum absolute atomic E-state index is 8.20. The summed E-state index contributed by atoms with van der Waals surface area (Å²) >= 11 is 0. The van der Waals surface area contributed by atoms with Crippen LogP contribution in [0.15, 0.2) is 5.11 Å². The maximum atomic E-state index is 8.20. The van der Waals surface area contributed by atoms with Crippen molar-refractivity contribution >= 4 is 0 Å². The average molecular weight is 156 g/mol. The van der Waals surface area contributed by atoms with E-state index in [4.69, 9.17) is 5.53 Å². The van der Waals surface area contributed by atoms with Gasteiger partial charge in [0.15, 0.2) is 0 Å². The van der Waals surface area contributed by atoms with Crippen LogP contribution in [0.5, 0.6) is 0 Å². The third kappa shape index (κ3) is 5.70. The minimum Gasteiger partial charge on any atom is -0.317 e. The van der Waals surface area contributed by atoms with E-state index < -0.39 is 0 Å². The van der Waals surface area contributed by atoms with Gasteiger partial charge >= 0.3 is 0 Å². The van der Waals surface area contributed by atoms with E-state index in [0.29, 0.717) is 0 Å². The van der Waals surface area contributed by atoms with E-state index in [9.17, 15) is 0 Å². The molecule has 1 N–H and O–H groups in total. The number of hydrogen-bond donors (Lipinski definition) is 1. The number of nitrogens with one attached hydrogen (secondary N) is 1. The molecule has 0 aromatic carbocycles. The van der Waals surface area contributed by atoms with Crippen molar-refractivity contribution in [2.75, 3.05) is 13.1 Å². The lowest BCUT2D eigenvalue weighted by Crippen LogP contribution is -2.24. The molecule has 0 bridgehead atoms. The fourth-order valence-corrected chi connectivity index (χ4v) is 0.742. The molecule has 4 nitrogen and oxygen atoms in total. The van der Waals surface area contributed by atoms with E-state index >= 15 is 0 Å². The number of hydrogen-bond acceptors (Lipinski definition) is 2. The smallest absolute Gasteiger partial charge is 0.0444 e. The summed E-state index contributed by atoms with van der Waals surface area (Å²) in [6.45, 7) is 7.80. The molecule has 0 aliphatic carbocycles. The van der Waals surface area contributed by atoms with Crippen LogP contribution in [-0.2, 0) is 0 Å². The van der Waals surface area contributed by atoms with Crippen LogP contribution in [0.25, 0.3) is 10.4 Å². The van der Waals surface area contributed by atoms with Crippen LogP contribution in [0, 0.1) is 0 Å². The van der Waals surface area contributed by atoms with Crippen LogP contribution in [0.4, 0.5) is 0 Å². The Hall–Kier alpha value is -0.730. The predicted molar refractivity (Wildman–Crippen MR) is 46.4 cm³/mol. The first-order valence-corrected chi connectivity index (χ1v) is 3.89. The summed E-state index contributed by atoms with van der Waals surface area (Å²) in [7, 11) is 0. The van der Waals surface area contributed by atoms with Crippen LogP contribution in [0.1, 0.15) is 27.2 Å². The van der Waals surface area contributed by atoms with E-state index in [0.717, 1.165) is 19.5 Å². The molecule has 0 fully saturated rings. The van der Waals surface area contributed by atoms with Gasteiger partial charge in [0.2, 0.25) is 0 Å². The molecular formula is C7H16N4. The molecule has 64 valence electrons. The second-order valence-corrected chi connectivity index (χ2v) is 3.11. The van der Waals surface area contributed by atoms with Gasteiger partial charge in [-0.3, -0.25) is 0 Å². The van der Waals surface area contributed by atoms with Crippen molar-refractivity contribution in [2.24, 2.45) is 5.11 Å². The van der Waals surface area contributed by atoms with Crippen LogP contribution in [0.3, 0.4) is 0 Å². The summed E-state index contributed by atoms with van der Waals surface area (Å²) in [5.74, 6) is 0. The Labute approximate surface area is 67.6 Å². The highest BCUT2D eigenvalue weighted by molar-refractivity contribution is 4.78. The van der Waals surface area contributed by atoms with Crippen molar-refractivity contribution in [3.63, 3.8) is 0 Å². The van der Waals surface area contributed by atoms with Gasteiger partial charge in [-0.05, 0) is 25.0 Å². The van der Waals surface area contributed by atoms with Crippen molar-refractivity contribution in [3.05, 3.63) is 10.4 Å². The van der Waals surface area contributed by atoms with Gasteiger partial charge in [0, 0.05) is 10.5 Å². The normalized spacial score (nSPS) is 10.8. The molecular weight excluding hydrogens is 140 g/mol. The predicted octanol–water partition coefficient (Wildman–Crippen LogP) is 2.07. The van der Waals surface area contributed by atoms with Crippen LogP contribution in [0.2, 0.25) is 0 Å². The fraction of sp³-hybridized carbons (Fsp3) is 1.00. The molecule has 0 aromatic rings. The number of nitrogens with zero attached hydrogens (tertiary/aromatic N) is 3. The summed E-state index contributed by atoms with van der Waals surface area (Å²) in [5.41, 5.74) is 7.94. The molecule has 0 saturated heterocycles. The first kappa shape index (κ1) is 10.3. The lowest BCUT2D eigenvalue weighted by atomic mass is 10.0. The number of rotatable bonds is 5. The Kier molecular flexibility index (Phi) is 4.66. The van der Waals surface area contributed by atoms with Gasteiger partial charge in [-0.2, -0.15) is 0 Å². The first-order valence-electron chi connectivity index (χ1n) is 3.89. The highest BCUT2D eigenvalue weighted by Crippen LogP contribution is 2.12. The largest absolute Gasteiger partial charge is 0.317 e. The molecule has 0 amide bonds. The second kappa shape index (κ2) is 4.99. The topological polar surface area (TPSA) is 60.8 Å². The molecule has 0 heterocycles. The van der Waals surface area contributed by atoms with Crippen LogP contribution >= 0.6 is 0 Å². The van der Waals surface area contributed by atoms with Crippen LogP contribution in [-0.4, -0.2) is 18.6 Å². The summed E-state index contributed by atoms with van der Waals surface area (Å²) in [5, 5.41) is 6.85. The summed E-state index contributed by atoms with van der Waals surface area (Å²) < 4.78 is 0. The SMILES string of the molecule is CCNCCC(C)(C)N=[N+]=[N-]. The Morgan fingerprint density at radius 1 is 1.55 bits per heavy atom. The zero-order valence-electron chi connectivity index (χ0n) is 7.46. The highest BCUT2D eigenvalue weighted by Gasteiger charge is 2.13. The third-order valence-electron chi connectivity index (χ3n) is 1.48. The Balaban J connectivity index is 3.63. The quantitative estimate of drug-likeness (QED) is 0.281. The van der Waals surface area contributed by atoms with Gasteiger partial charge in [-0.25, -0.2) is 0 Å². The Morgan fingerprint density at radius 3 is 2.64 bits per heavy atom. The summed E-state index contributed by atoms with van der Waals surface area (Å²) in [6.07, 6.45) is 0.880. The fourth-order valence-electron chi connectivity index (χ4n) is 0.742. The summed E-state index contributed by atoms with van der Waals surface area (Å²) in [4.78, 5) is 2.78. The van der Waals surface area contributed by atoms with Gasteiger partial charge < -0.3 is 5.32 Å². The molecule has 0 aromatic heterocycles. The van der Waals surface area contributed by atoms with E-state index in [2.05, 4.69) is 22.3 Å². The monoisotopic (exact) mass is 156 g/mol. The molecule has 11 heavy (non-hydrogen) atoms. The minimum atomic E-state index is -0.253. The molecule has 0 aliphatic rings. The summed E-state index contributed by atoms with van der Waals surface area (Å²) in [6, 6.07) is 0. The molecule has 0 spiro atoms. The Morgan fingerprint density at radius 2 is 2.18 bits per heavy atom. The minimum absolute atomic E-state index is 0.253. The molecule has 0 aliphatic heterocycles. The Bertz CT molecular complexity index is 147. The molecule has 0 atom stereocenters. The van der Waals surface area contributed by atoms with Gasteiger partial charge in [0.1, 0.15) is 0 Å². The lowest BCUT2D eigenvalue weighted by Gasteiger charge is -2.16. The average Bonchev–Trinajstić information content (AvgIpc) is 1.87. The van der Waals surface area contributed by atoms with Gasteiger partial charge in [-0.15, -0.1) is 0 Å². The zero-order chi connectivity index (χ0) is 8.74. The van der Waals surface area contributed by atoms with Crippen molar-refractivity contribution in [2.45, 2.75) is 32.7 Å². The van der Waals surface area contributed by atoms with Crippen molar-refractivity contribution in [1.82, 2.24) is 5.32 Å². The second-order valence-electron chi connectivity index (χ2n) is 3.11. The molecule has 0 saturated carbocycles. The molecule has 4 heteroatoms. The van der Waals surface area contributed by atoms with Crippen LogP contribution < -0.4 is 5.32 Å². The van der Waals surface area contributed by atoms with Crippen molar-refractivity contribution in [3.8, 4) is 0 Å². The van der Waals surface area contributed by atoms with Crippen molar-refractivity contribution in [1.29, 1.82) is 0 Å². The highest BCUT2D eigenvalue weighted by atomic mass is 15.2. The van der Waals surface area contributed by atoms with E-state index in [1.54, 1.807) is 0 Å². The zero-order valence-corrected chi connectivity index (χ0v) is 7.46. The molecule has 0 rings (SSSR count). The van der Waals surface area contributed by atoms with E-state index in [1.165, 1.54) is 0 Å².